The molecular weight excluding hydrogens is 432 g/mol. The van der Waals surface area contributed by atoms with Crippen LogP contribution in [-0.2, 0) is 10.0 Å². The first-order valence-corrected chi connectivity index (χ1v) is 11.0. The fourth-order valence-corrected chi connectivity index (χ4v) is 4.46. The maximum atomic E-state index is 13.4. The largest absolute Gasteiger partial charge is 0.497 e. The second-order valence-corrected chi connectivity index (χ2v) is 8.63. The molecule has 0 unspecified atom stereocenters. The number of hydrogen-bond acceptors (Lipinski definition) is 6. The van der Waals surface area contributed by atoms with Gasteiger partial charge < -0.3 is 19.5 Å². The number of nitrogens with zero attached hydrogens (tertiary/aromatic N) is 1. The molecule has 8 nitrogen and oxygen atoms in total. The van der Waals surface area contributed by atoms with Gasteiger partial charge in [0, 0.05) is 18.8 Å². The monoisotopic (exact) mass is 456 g/mol. The van der Waals surface area contributed by atoms with Crippen LogP contribution in [0, 0.1) is 0 Å². The summed E-state index contributed by atoms with van der Waals surface area (Å²) in [6.07, 6.45) is 0. The lowest BCUT2D eigenvalue weighted by Crippen LogP contribution is -2.29. The molecule has 0 heterocycles. The smallest absolute Gasteiger partial charge is 0.267 e. The average molecular weight is 457 g/mol. The molecule has 3 aromatic carbocycles. The zero-order chi connectivity index (χ0) is 23.3. The van der Waals surface area contributed by atoms with Crippen molar-refractivity contribution in [2.24, 2.45) is 0 Å². The molecule has 0 saturated heterocycles. The highest BCUT2D eigenvalue weighted by atomic mass is 32.2. The third kappa shape index (κ3) is 4.62. The van der Waals surface area contributed by atoms with Crippen molar-refractivity contribution in [3.05, 3.63) is 72.3 Å². The fourth-order valence-electron chi connectivity index (χ4n) is 3.08. The minimum absolute atomic E-state index is 0.0767. The average Bonchev–Trinajstić information content (AvgIpc) is 2.83. The lowest BCUT2D eigenvalue weighted by Gasteiger charge is -2.23. The van der Waals surface area contributed by atoms with Gasteiger partial charge in [0.25, 0.3) is 15.9 Å². The minimum atomic E-state index is -4.07. The molecule has 0 aliphatic heterocycles. The molecular formula is C23H24N2O6S. The van der Waals surface area contributed by atoms with E-state index >= 15 is 0 Å². The first kappa shape index (κ1) is 23.0. The zero-order valence-corrected chi connectivity index (χ0v) is 19.0. The molecule has 0 spiro atoms. The standard InChI is InChI=1S/C23H24N2O6S/c1-25(32(27,28)22-15-18(30-3)13-14-21(22)31-4)20-8-6-5-7-19(20)23(26)24-16-9-11-17(29-2)12-10-16/h5-15H,1-4H3,(H,24,26). The number of hydrogen-bond donors (Lipinski definition) is 1. The van der Waals surface area contributed by atoms with Crippen molar-refractivity contribution < 1.29 is 27.4 Å². The van der Waals surface area contributed by atoms with Crippen molar-refractivity contribution in [1.82, 2.24) is 0 Å². The predicted molar refractivity (Wildman–Crippen MR) is 123 cm³/mol. The lowest BCUT2D eigenvalue weighted by molar-refractivity contribution is 0.102. The number of rotatable bonds is 8. The van der Waals surface area contributed by atoms with Gasteiger partial charge in [-0.25, -0.2) is 8.42 Å². The number of carbonyl (C=O) groups excluding carboxylic acids is 1. The highest BCUT2D eigenvalue weighted by Gasteiger charge is 2.28. The molecule has 0 fully saturated rings. The molecule has 0 radical (unpaired) electrons. The lowest BCUT2D eigenvalue weighted by atomic mass is 10.1. The summed E-state index contributed by atoms with van der Waals surface area (Å²) in [6.45, 7) is 0. The Labute approximate surface area is 187 Å². The molecule has 0 aromatic heterocycles. The van der Waals surface area contributed by atoms with Gasteiger partial charge in [0.2, 0.25) is 0 Å². The van der Waals surface area contributed by atoms with Gasteiger partial charge in [-0.1, -0.05) is 12.1 Å². The van der Waals surface area contributed by atoms with Gasteiger partial charge in [0.15, 0.2) is 0 Å². The molecule has 0 saturated carbocycles. The Balaban J connectivity index is 1.97. The number of nitrogens with one attached hydrogen (secondary N) is 1. The van der Waals surface area contributed by atoms with Crippen LogP contribution in [0.25, 0.3) is 0 Å². The molecule has 3 aromatic rings. The van der Waals surface area contributed by atoms with Crippen molar-refractivity contribution in [1.29, 1.82) is 0 Å². The maximum absolute atomic E-state index is 13.4. The van der Waals surface area contributed by atoms with Crippen molar-refractivity contribution in [2.45, 2.75) is 4.90 Å². The number of sulfonamides is 1. The van der Waals surface area contributed by atoms with E-state index in [1.807, 2.05) is 0 Å². The number of benzene rings is 3. The minimum Gasteiger partial charge on any atom is -0.497 e. The molecule has 0 aliphatic carbocycles. The summed E-state index contributed by atoms with van der Waals surface area (Å²) in [5, 5.41) is 2.78. The van der Waals surface area contributed by atoms with Gasteiger partial charge in [0.05, 0.1) is 32.6 Å². The van der Waals surface area contributed by atoms with E-state index in [4.69, 9.17) is 14.2 Å². The molecule has 1 N–H and O–H groups in total. The summed E-state index contributed by atoms with van der Waals surface area (Å²) in [5.41, 5.74) is 0.949. The van der Waals surface area contributed by atoms with E-state index in [9.17, 15) is 13.2 Å². The highest BCUT2D eigenvalue weighted by molar-refractivity contribution is 7.93. The summed E-state index contributed by atoms with van der Waals surface area (Å²) >= 11 is 0. The molecule has 1 amide bonds. The van der Waals surface area contributed by atoms with Crippen molar-refractivity contribution >= 4 is 27.3 Å². The van der Waals surface area contributed by atoms with Gasteiger partial charge >= 0.3 is 0 Å². The Bertz CT molecular complexity index is 1210. The number of ether oxygens (including phenoxy) is 3. The van der Waals surface area contributed by atoms with E-state index in [0.717, 1.165) is 4.31 Å². The summed E-state index contributed by atoms with van der Waals surface area (Å²) in [6, 6.07) is 17.8. The third-order valence-electron chi connectivity index (χ3n) is 4.85. The van der Waals surface area contributed by atoms with Crippen molar-refractivity contribution in [3.63, 3.8) is 0 Å². The SMILES string of the molecule is COc1ccc(NC(=O)c2ccccc2N(C)S(=O)(=O)c2cc(OC)ccc2OC)cc1. The Morgan fingerprint density at radius 3 is 2.09 bits per heavy atom. The quantitative estimate of drug-likeness (QED) is 0.554. The van der Waals surface area contributed by atoms with E-state index in [-0.39, 0.29) is 21.9 Å². The molecule has 3 rings (SSSR count). The summed E-state index contributed by atoms with van der Waals surface area (Å²) in [7, 11) is 1.69. The first-order valence-electron chi connectivity index (χ1n) is 9.57. The number of carbonyl (C=O) groups is 1. The molecule has 9 heteroatoms. The second kappa shape index (κ2) is 9.61. The van der Waals surface area contributed by atoms with Gasteiger partial charge in [0.1, 0.15) is 22.1 Å². The Kier molecular flexibility index (Phi) is 6.89. The number of anilines is 2. The molecule has 0 aliphatic rings. The number of amides is 1. The van der Waals surface area contributed by atoms with Crippen LogP contribution in [0.5, 0.6) is 17.2 Å². The molecule has 0 atom stereocenters. The van der Waals surface area contributed by atoms with Gasteiger partial charge in [-0.15, -0.1) is 0 Å². The van der Waals surface area contributed by atoms with Crippen LogP contribution in [0.2, 0.25) is 0 Å². The molecule has 0 bridgehead atoms. The normalized spacial score (nSPS) is 10.9. The summed E-state index contributed by atoms with van der Waals surface area (Å²) < 4.78 is 43.4. The van der Waals surface area contributed by atoms with E-state index in [1.165, 1.54) is 33.4 Å². The maximum Gasteiger partial charge on any atom is 0.267 e. The second-order valence-electron chi connectivity index (χ2n) is 6.69. The summed E-state index contributed by atoms with van der Waals surface area (Å²) in [4.78, 5) is 12.9. The van der Waals surface area contributed by atoms with Crippen molar-refractivity contribution in [2.75, 3.05) is 38.0 Å². The topological polar surface area (TPSA) is 94.2 Å². The van der Waals surface area contributed by atoms with Crippen LogP contribution in [0.4, 0.5) is 11.4 Å². The van der Waals surface area contributed by atoms with Crippen LogP contribution in [-0.4, -0.2) is 42.7 Å². The third-order valence-corrected chi connectivity index (χ3v) is 6.64. The molecule has 32 heavy (non-hydrogen) atoms. The van der Waals surface area contributed by atoms with Crippen LogP contribution in [0.15, 0.2) is 71.6 Å². The van der Waals surface area contributed by atoms with E-state index in [2.05, 4.69) is 5.32 Å². The number of para-hydroxylation sites is 1. The van der Waals surface area contributed by atoms with E-state index < -0.39 is 15.9 Å². The highest BCUT2D eigenvalue weighted by Crippen LogP contribution is 2.33. The van der Waals surface area contributed by atoms with E-state index in [1.54, 1.807) is 61.7 Å². The van der Waals surface area contributed by atoms with Crippen LogP contribution in [0.3, 0.4) is 0 Å². The van der Waals surface area contributed by atoms with Crippen LogP contribution in [0.1, 0.15) is 10.4 Å². The van der Waals surface area contributed by atoms with Crippen LogP contribution < -0.4 is 23.8 Å². The predicted octanol–water partition coefficient (Wildman–Crippen LogP) is 3.79. The van der Waals surface area contributed by atoms with Gasteiger partial charge in [-0.05, 0) is 48.5 Å². The van der Waals surface area contributed by atoms with Crippen molar-refractivity contribution in [3.8, 4) is 17.2 Å². The Morgan fingerprint density at radius 1 is 0.844 bits per heavy atom. The fraction of sp³-hybridized carbons (Fsp3) is 0.174. The van der Waals surface area contributed by atoms with Gasteiger partial charge in [-0.3, -0.25) is 9.10 Å². The molecule has 168 valence electrons. The Hall–Kier alpha value is -3.72. The zero-order valence-electron chi connectivity index (χ0n) is 18.2. The van der Waals surface area contributed by atoms with Crippen LogP contribution >= 0.6 is 0 Å². The van der Waals surface area contributed by atoms with Gasteiger partial charge in [-0.2, -0.15) is 0 Å². The summed E-state index contributed by atoms with van der Waals surface area (Å²) in [5.74, 6) is 0.730. The van der Waals surface area contributed by atoms with E-state index in [0.29, 0.717) is 17.2 Å². The number of methoxy groups -OCH3 is 3. The first-order chi connectivity index (χ1) is 15.3. The Morgan fingerprint density at radius 2 is 1.47 bits per heavy atom.